The predicted molar refractivity (Wildman–Crippen MR) is 154 cm³/mol. The highest BCUT2D eigenvalue weighted by molar-refractivity contribution is 6.31. The summed E-state index contributed by atoms with van der Waals surface area (Å²) in [5.41, 5.74) is 5.70. The molecule has 0 fully saturated rings. The number of benzene rings is 2. The molecule has 0 N–H and O–H groups in total. The molecule has 2 aromatic rings. The van der Waals surface area contributed by atoms with Crippen LogP contribution in [0.2, 0.25) is 0 Å². The molecule has 0 atom stereocenters. The molecule has 0 aliphatic carbocycles. The molecule has 0 spiro atoms. The molecule has 0 saturated carbocycles. The van der Waals surface area contributed by atoms with Crippen LogP contribution in [0.4, 0.5) is 0 Å². The lowest BCUT2D eigenvalue weighted by Crippen LogP contribution is -1.99. The Morgan fingerprint density at radius 2 is 1.83 bits per heavy atom. The van der Waals surface area contributed by atoms with Gasteiger partial charge in [0.15, 0.2) is 5.75 Å². The number of hydrogen-bond acceptors (Lipinski definition) is 4. The highest BCUT2D eigenvalue weighted by Gasteiger charge is 2.05. The van der Waals surface area contributed by atoms with Crippen molar-refractivity contribution in [1.82, 2.24) is 0 Å². The van der Waals surface area contributed by atoms with Crippen molar-refractivity contribution in [3.63, 3.8) is 0 Å². The van der Waals surface area contributed by atoms with Crippen molar-refractivity contribution in [3.8, 4) is 5.75 Å². The van der Waals surface area contributed by atoms with E-state index in [0.29, 0.717) is 10.8 Å². The van der Waals surface area contributed by atoms with Crippen molar-refractivity contribution in [2.75, 3.05) is 7.11 Å². The first kappa shape index (κ1) is 30.9. The molecule has 2 rings (SSSR count). The second kappa shape index (κ2) is 18.1. The van der Waals surface area contributed by atoms with Crippen LogP contribution in [0.3, 0.4) is 0 Å². The number of para-hydroxylation sites is 1. The Bertz CT molecular complexity index is 1100. The second-order valence-corrected chi connectivity index (χ2v) is 8.02. The molecule has 0 radical (unpaired) electrons. The van der Waals surface area contributed by atoms with Crippen LogP contribution in [0.5, 0.6) is 5.75 Å². The second-order valence-electron chi connectivity index (χ2n) is 7.58. The summed E-state index contributed by atoms with van der Waals surface area (Å²) in [7, 11) is 1.41. The first-order chi connectivity index (χ1) is 17.5. The normalized spacial score (nSPS) is 12.2. The Balaban J connectivity index is 0.00000316. The van der Waals surface area contributed by atoms with E-state index in [1.807, 2.05) is 70.2 Å². The van der Waals surface area contributed by atoms with E-state index in [1.54, 1.807) is 12.2 Å². The van der Waals surface area contributed by atoms with Crippen molar-refractivity contribution >= 4 is 23.4 Å². The monoisotopic (exact) mass is 507 g/mol. The zero-order valence-corrected chi connectivity index (χ0v) is 22.8. The number of halogens is 1. The molecule has 2 aromatic carbocycles. The lowest BCUT2D eigenvalue weighted by Gasteiger charge is -2.08. The summed E-state index contributed by atoms with van der Waals surface area (Å²) in [6.07, 6.45) is 12.1. The minimum absolute atomic E-state index is 0.613. The number of rotatable bonds is 13. The molecule has 4 nitrogen and oxygen atoms in total. The topological polar surface area (TPSA) is 40.0 Å². The van der Waals surface area contributed by atoms with E-state index in [-0.39, 0.29) is 0 Å². The summed E-state index contributed by atoms with van der Waals surface area (Å²) < 4.78 is 0. The molecule has 0 aromatic heterocycles. The zero-order chi connectivity index (χ0) is 26.8. The van der Waals surface area contributed by atoms with Gasteiger partial charge in [-0.25, -0.2) is 4.99 Å². The van der Waals surface area contributed by atoms with E-state index in [4.69, 9.17) is 16.5 Å². The van der Waals surface area contributed by atoms with Crippen molar-refractivity contribution in [1.29, 1.82) is 0 Å². The van der Waals surface area contributed by atoms with E-state index in [9.17, 15) is 0 Å². The summed E-state index contributed by atoms with van der Waals surface area (Å²) in [4.78, 5) is 14.4. The number of aliphatic imine (C=N–C) groups is 1. The molecule has 192 valence electrons. The van der Waals surface area contributed by atoms with Gasteiger partial charge in [-0.15, -0.1) is 0 Å². The van der Waals surface area contributed by atoms with Gasteiger partial charge in [0.2, 0.25) is 0 Å². The molecule has 0 bridgehead atoms. The Morgan fingerprint density at radius 3 is 2.50 bits per heavy atom. The molecule has 0 unspecified atom stereocenters. The molecule has 0 aliphatic rings. The molecule has 36 heavy (non-hydrogen) atoms. The molecular weight excluding hydrogens is 470 g/mol. The minimum Gasteiger partial charge on any atom is -0.308 e. The van der Waals surface area contributed by atoms with Gasteiger partial charge in [0.1, 0.15) is 0 Å². The fourth-order valence-corrected chi connectivity index (χ4v) is 3.24. The first-order valence-electron chi connectivity index (χ1n) is 12.1. The Labute approximate surface area is 221 Å². The van der Waals surface area contributed by atoms with Gasteiger partial charge in [-0.1, -0.05) is 93.2 Å². The SMILES string of the molecule is C=CC(/C=C/c1cccc(CCCc2ccccc2OOOC)c1)=N/C(=C/C(Cl)=C\C)C(=C)C.CC. The fraction of sp³-hybridized carbons (Fsp3) is 0.258. The lowest BCUT2D eigenvalue weighted by atomic mass is 10.0. The largest absolute Gasteiger partial charge is 0.308 e. The van der Waals surface area contributed by atoms with Gasteiger partial charge in [-0.3, -0.25) is 0 Å². The van der Waals surface area contributed by atoms with E-state index in [0.717, 1.165) is 47.4 Å². The van der Waals surface area contributed by atoms with E-state index < -0.39 is 0 Å². The average molecular weight is 508 g/mol. The maximum absolute atomic E-state index is 6.14. The van der Waals surface area contributed by atoms with Gasteiger partial charge in [-0.05, 0) is 84.7 Å². The Morgan fingerprint density at radius 1 is 1.08 bits per heavy atom. The summed E-state index contributed by atoms with van der Waals surface area (Å²) in [6, 6.07) is 16.2. The van der Waals surface area contributed by atoms with E-state index >= 15 is 0 Å². The van der Waals surface area contributed by atoms with Crippen molar-refractivity contribution in [2.24, 2.45) is 4.99 Å². The Kier molecular flexibility index (Phi) is 15.5. The summed E-state index contributed by atoms with van der Waals surface area (Å²) in [5.74, 6) is 0.663. The number of allylic oxidation sites excluding steroid dienone is 6. The number of nitrogens with zero attached hydrogens (tertiary/aromatic N) is 1. The van der Waals surface area contributed by atoms with Crippen LogP contribution in [0.15, 0.2) is 107 Å². The van der Waals surface area contributed by atoms with Crippen molar-refractivity contribution < 1.29 is 14.8 Å². The van der Waals surface area contributed by atoms with Gasteiger partial charge in [0, 0.05) is 5.03 Å². The van der Waals surface area contributed by atoms with Gasteiger partial charge >= 0.3 is 0 Å². The number of hydrogen-bond donors (Lipinski definition) is 0. The van der Waals surface area contributed by atoms with Crippen LogP contribution in [-0.4, -0.2) is 12.8 Å². The molecule has 5 heteroatoms. The molecule has 0 amide bonds. The molecular formula is C31H38ClNO3. The fourth-order valence-electron chi connectivity index (χ4n) is 3.13. The third kappa shape index (κ3) is 11.5. The minimum atomic E-state index is 0.613. The van der Waals surface area contributed by atoms with Crippen LogP contribution in [0.1, 0.15) is 50.8 Å². The zero-order valence-electron chi connectivity index (χ0n) is 22.1. The van der Waals surface area contributed by atoms with Crippen molar-refractivity contribution in [3.05, 3.63) is 119 Å². The highest BCUT2D eigenvalue weighted by Crippen LogP contribution is 2.21. The molecule has 0 heterocycles. The third-order valence-corrected chi connectivity index (χ3v) is 5.25. The number of aryl methyl sites for hydroxylation is 2. The van der Waals surface area contributed by atoms with Gasteiger partial charge in [-0.2, -0.15) is 4.89 Å². The smallest absolute Gasteiger partial charge is 0.171 e. The first-order valence-corrected chi connectivity index (χ1v) is 12.5. The average Bonchev–Trinajstić information content (AvgIpc) is 2.91. The van der Waals surface area contributed by atoms with E-state index in [1.165, 1.54) is 12.7 Å². The molecule has 0 aliphatic heterocycles. The quantitative estimate of drug-likeness (QED) is 0.117. The third-order valence-electron chi connectivity index (χ3n) is 4.92. The van der Waals surface area contributed by atoms with Crippen LogP contribution in [-0.2, 0) is 22.8 Å². The Hall–Kier alpha value is -3.18. The van der Waals surface area contributed by atoms with Crippen LogP contribution in [0.25, 0.3) is 6.08 Å². The summed E-state index contributed by atoms with van der Waals surface area (Å²) >= 11 is 6.14. The van der Waals surface area contributed by atoms with Crippen LogP contribution >= 0.6 is 11.6 Å². The van der Waals surface area contributed by atoms with Crippen LogP contribution < -0.4 is 4.89 Å². The standard InChI is InChI=1S/C29H32ClNO3.C2H6/c1-6-26(30)21-28(22(3)4)31-27(7-2)19-18-24-13-10-12-23(20-24)14-11-16-25-15-8-9-17-29(25)33-34-32-5;1-2/h6-10,12-13,15,17-21H,2-3,11,14,16H2,1,4-5H3;1-2H3/b19-18+,26-6+,28-21+,31-27-;. The van der Waals surface area contributed by atoms with Gasteiger partial charge in [0.25, 0.3) is 0 Å². The maximum Gasteiger partial charge on any atom is 0.171 e. The predicted octanol–water partition coefficient (Wildman–Crippen LogP) is 9.00. The highest BCUT2D eigenvalue weighted by atomic mass is 35.5. The van der Waals surface area contributed by atoms with Crippen LogP contribution in [0, 0.1) is 0 Å². The summed E-state index contributed by atoms with van der Waals surface area (Å²) in [6.45, 7) is 15.7. The van der Waals surface area contributed by atoms with Gasteiger partial charge < -0.3 is 4.89 Å². The van der Waals surface area contributed by atoms with Gasteiger partial charge in [0.05, 0.1) is 18.5 Å². The molecule has 0 saturated heterocycles. The van der Waals surface area contributed by atoms with Crippen molar-refractivity contribution in [2.45, 2.75) is 47.0 Å². The lowest BCUT2D eigenvalue weighted by molar-refractivity contribution is -0.453. The summed E-state index contributed by atoms with van der Waals surface area (Å²) in [5, 5.41) is 5.23. The maximum atomic E-state index is 6.14. The van der Waals surface area contributed by atoms with E-state index in [2.05, 4.69) is 52.3 Å².